The Hall–Kier alpha value is -2.33. The lowest BCUT2D eigenvalue weighted by Gasteiger charge is -2.14. The number of hydrogen-bond acceptors (Lipinski definition) is 3. The van der Waals surface area contributed by atoms with Crippen molar-refractivity contribution in [3.8, 4) is 11.3 Å². The molecule has 0 bridgehead atoms. The van der Waals surface area contributed by atoms with Crippen LogP contribution in [0.4, 0.5) is 5.82 Å². The monoisotopic (exact) mass is 307 g/mol. The zero-order chi connectivity index (χ0) is 15.6. The maximum absolute atomic E-state index is 5.75. The van der Waals surface area contributed by atoms with Gasteiger partial charge in [-0.05, 0) is 31.9 Å². The Kier molecular flexibility index (Phi) is 3.75. The molecule has 1 N–H and O–H groups in total. The number of aromatic nitrogens is 2. The molecule has 1 aliphatic heterocycles. The second-order valence-electron chi connectivity index (χ2n) is 6.05. The molecule has 2 aromatic heterocycles. The normalized spacial score (nSPS) is 17.7. The summed E-state index contributed by atoms with van der Waals surface area (Å²) in [5.74, 6) is 1.06. The first-order valence-corrected chi connectivity index (χ1v) is 8.22. The summed E-state index contributed by atoms with van der Waals surface area (Å²) in [5.41, 5.74) is 4.27. The molecule has 0 saturated carbocycles. The standard InChI is InChI=1S/C19H21N3O/c1-14-7-5-11-17-21-18(15-8-3-2-4-9-15)19(22(14)17)20-13-16-10-6-12-23-16/h2-5,7-9,11,16,20H,6,10,12-13H2,1H3/t16-/m0/s1. The molecule has 1 aromatic carbocycles. The molecule has 0 radical (unpaired) electrons. The third-order valence-electron chi connectivity index (χ3n) is 4.41. The van der Waals surface area contributed by atoms with Crippen molar-refractivity contribution in [2.45, 2.75) is 25.9 Å². The summed E-state index contributed by atoms with van der Waals surface area (Å²) in [6.07, 6.45) is 2.58. The van der Waals surface area contributed by atoms with Crippen molar-refractivity contribution in [3.05, 3.63) is 54.2 Å². The van der Waals surface area contributed by atoms with Gasteiger partial charge in [0.25, 0.3) is 0 Å². The van der Waals surface area contributed by atoms with Crippen molar-refractivity contribution in [3.63, 3.8) is 0 Å². The zero-order valence-corrected chi connectivity index (χ0v) is 13.3. The van der Waals surface area contributed by atoms with Gasteiger partial charge in [-0.1, -0.05) is 36.4 Å². The fourth-order valence-electron chi connectivity index (χ4n) is 3.23. The maximum Gasteiger partial charge on any atom is 0.139 e. The van der Waals surface area contributed by atoms with Gasteiger partial charge in [-0.25, -0.2) is 4.98 Å². The van der Waals surface area contributed by atoms with Gasteiger partial charge in [0.1, 0.15) is 17.2 Å². The second kappa shape index (κ2) is 6.05. The van der Waals surface area contributed by atoms with Crippen molar-refractivity contribution in [1.82, 2.24) is 9.38 Å². The summed E-state index contributed by atoms with van der Waals surface area (Å²) in [6.45, 7) is 3.81. The van der Waals surface area contributed by atoms with Crippen molar-refractivity contribution in [2.75, 3.05) is 18.5 Å². The van der Waals surface area contributed by atoms with E-state index in [1.54, 1.807) is 0 Å². The average molecular weight is 307 g/mol. The van der Waals surface area contributed by atoms with Gasteiger partial charge in [0.15, 0.2) is 0 Å². The maximum atomic E-state index is 5.75. The highest BCUT2D eigenvalue weighted by atomic mass is 16.5. The lowest BCUT2D eigenvalue weighted by molar-refractivity contribution is 0.120. The number of aryl methyl sites for hydroxylation is 1. The molecule has 4 heteroatoms. The van der Waals surface area contributed by atoms with Gasteiger partial charge in [0.2, 0.25) is 0 Å². The van der Waals surface area contributed by atoms with E-state index in [1.165, 1.54) is 5.69 Å². The predicted octanol–water partition coefficient (Wildman–Crippen LogP) is 3.90. The molecule has 23 heavy (non-hydrogen) atoms. The summed E-state index contributed by atoms with van der Waals surface area (Å²) >= 11 is 0. The number of ether oxygens (including phenoxy) is 1. The van der Waals surface area contributed by atoms with Crippen LogP contribution in [0.2, 0.25) is 0 Å². The molecular formula is C19H21N3O. The molecule has 1 aliphatic rings. The van der Waals surface area contributed by atoms with Crippen LogP contribution in [0.15, 0.2) is 48.5 Å². The van der Waals surface area contributed by atoms with Crippen LogP contribution in [0, 0.1) is 6.92 Å². The molecule has 0 aliphatic carbocycles. The SMILES string of the molecule is Cc1cccc2nc(-c3ccccc3)c(NC[C@@H]3CCCO3)n12. The first-order valence-electron chi connectivity index (χ1n) is 8.22. The lowest BCUT2D eigenvalue weighted by atomic mass is 10.1. The van der Waals surface area contributed by atoms with Crippen LogP contribution in [0.25, 0.3) is 16.9 Å². The molecule has 118 valence electrons. The van der Waals surface area contributed by atoms with E-state index in [4.69, 9.17) is 9.72 Å². The van der Waals surface area contributed by atoms with Crippen molar-refractivity contribution >= 4 is 11.5 Å². The number of rotatable bonds is 4. The van der Waals surface area contributed by atoms with Gasteiger partial charge < -0.3 is 10.1 Å². The smallest absolute Gasteiger partial charge is 0.139 e. The molecule has 4 nitrogen and oxygen atoms in total. The van der Waals surface area contributed by atoms with Gasteiger partial charge >= 0.3 is 0 Å². The highest BCUT2D eigenvalue weighted by molar-refractivity contribution is 5.76. The van der Waals surface area contributed by atoms with Gasteiger partial charge in [0.05, 0.1) is 6.10 Å². The second-order valence-corrected chi connectivity index (χ2v) is 6.05. The molecule has 0 unspecified atom stereocenters. The van der Waals surface area contributed by atoms with Crippen LogP contribution in [0.3, 0.4) is 0 Å². The summed E-state index contributed by atoms with van der Waals surface area (Å²) < 4.78 is 7.94. The van der Waals surface area contributed by atoms with E-state index in [0.29, 0.717) is 6.10 Å². The Balaban J connectivity index is 1.78. The molecule has 0 spiro atoms. The van der Waals surface area contributed by atoms with E-state index < -0.39 is 0 Å². The zero-order valence-electron chi connectivity index (χ0n) is 13.3. The fourth-order valence-corrected chi connectivity index (χ4v) is 3.23. The van der Waals surface area contributed by atoms with E-state index in [-0.39, 0.29) is 0 Å². The van der Waals surface area contributed by atoms with Crippen LogP contribution >= 0.6 is 0 Å². The van der Waals surface area contributed by atoms with E-state index >= 15 is 0 Å². The Morgan fingerprint density at radius 3 is 2.83 bits per heavy atom. The molecule has 3 aromatic rings. The van der Waals surface area contributed by atoms with Crippen LogP contribution < -0.4 is 5.32 Å². The van der Waals surface area contributed by atoms with Crippen molar-refractivity contribution in [1.29, 1.82) is 0 Å². The number of nitrogens with one attached hydrogen (secondary N) is 1. The molecule has 3 heterocycles. The Morgan fingerprint density at radius 1 is 1.17 bits per heavy atom. The number of hydrogen-bond donors (Lipinski definition) is 1. The highest BCUT2D eigenvalue weighted by Gasteiger charge is 2.19. The topological polar surface area (TPSA) is 38.6 Å². The molecule has 4 rings (SSSR count). The Morgan fingerprint density at radius 2 is 2.04 bits per heavy atom. The van der Waals surface area contributed by atoms with E-state index in [1.807, 2.05) is 6.07 Å². The van der Waals surface area contributed by atoms with Gasteiger partial charge in [-0.15, -0.1) is 0 Å². The van der Waals surface area contributed by atoms with Crippen LogP contribution in [0.1, 0.15) is 18.5 Å². The number of pyridine rings is 1. The minimum Gasteiger partial charge on any atom is -0.376 e. The summed E-state index contributed by atoms with van der Waals surface area (Å²) in [4.78, 5) is 4.85. The number of benzene rings is 1. The largest absolute Gasteiger partial charge is 0.376 e. The van der Waals surface area contributed by atoms with Gasteiger partial charge in [-0.2, -0.15) is 0 Å². The van der Waals surface area contributed by atoms with Gasteiger partial charge in [-0.3, -0.25) is 4.40 Å². The quantitative estimate of drug-likeness (QED) is 0.794. The summed E-state index contributed by atoms with van der Waals surface area (Å²) in [5, 5.41) is 3.59. The average Bonchev–Trinajstić information content (AvgIpc) is 3.22. The summed E-state index contributed by atoms with van der Waals surface area (Å²) in [6, 6.07) is 16.6. The third-order valence-corrected chi connectivity index (χ3v) is 4.41. The molecule has 1 fully saturated rings. The molecular weight excluding hydrogens is 286 g/mol. The first-order chi connectivity index (χ1) is 11.3. The van der Waals surface area contributed by atoms with E-state index in [2.05, 4.69) is 59.1 Å². The highest BCUT2D eigenvalue weighted by Crippen LogP contribution is 2.30. The Labute approximate surface area is 136 Å². The predicted molar refractivity (Wildman–Crippen MR) is 92.8 cm³/mol. The number of anilines is 1. The fraction of sp³-hybridized carbons (Fsp3) is 0.316. The summed E-state index contributed by atoms with van der Waals surface area (Å²) in [7, 11) is 0. The first kappa shape index (κ1) is 14.3. The molecule has 1 atom stereocenters. The van der Waals surface area contributed by atoms with Crippen LogP contribution in [-0.4, -0.2) is 28.6 Å². The molecule has 1 saturated heterocycles. The Bertz CT molecular complexity index is 804. The third kappa shape index (κ3) is 2.70. The number of fused-ring (bicyclic) bond motifs is 1. The minimum absolute atomic E-state index is 0.299. The van der Waals surface area contributed by atoms with Crippen LogP contribution in [0.5, 0.6) is 0 Å². The van der Waals surface area contributed by atoms with Gasteiger partial charge in [0, 0.05) is 24.4 Å². The van der Waals surface area contributed by atoms with E-state index in [9.17, 15) is 0 Å². The number of imidazole rings is 1. The molecule has 0 amide bonds. The van der Waals surface area contributed by atoms with Crippen molar-refractivity contribution < 1.29 is 4.74 Å². The van der Waals surface area contributed by atoms with Crippen molar-refractivity contribution in [2.24, 2.45) is 0 Å². The minimum atomic E-state index is 0.299. The number of nitrogens with zero attached hydrogens (tertiary/aromatic N) is 2. The van der Waals surface area contributed by atoms with Crippen LogP contribution in [-0.2, 0) is 4.74 Å². The lowest BCUT2D eigenvalue weighted by Crippen LogP contribution is -2.19. The van der Waals surface area contributed by atoms with E-state index in [0.717, 1.165) is 48.7 Å².